The minimum absolute atomic E-state index is 0.00385. The van der Waals surface area contributed by atoms with Gasteiger partial charge in [0.05, 0.1) is 0 Å². The summed E-state index contributed by atoms with van der Waals surface area (Å²) >= 11 is 1.04. The summed E-state index contributed by atoms with van der Waals surface area (Å²) in [6.07, 6.45) is 0.505. The van der Waals surface area contributed by atoms with Crippen molar-refractivity contribution in [3.8, 4) is 0 Å². The summed E-state index contributed by atoms with van der Waals surface area (Å²) in [6, 6.07) is 3.08. The van der Waals surface area contributed by atoms with Crippen LogP contribution in [0.3, 0.4) is 0 Å². The van der Waals surface area contributed by atoms with Crippen molar-refractivity contribution in [1.82, 2.24) is 10.0 Å². The number of hydrogen-bond acceptors (Lipinski definition) is 5. The van der Waals surface area contributed by atoms with E-state index in [0.717, 1.165) is 11.3 Å². The van der Waals surface area contributed by atoms with Crippen LogP contribution in [-0.4, -0.2) is 26.3 Å². The Bertz CT molecular complexity index is 550. The largest absolute Gasteiger partial charge is 0.354 e. The average Bonchev–Trinajstić information content (AvgIpc) is 2.80. The third-order valence-electron chi connectivity index (χ3n) is 2.27. The second-order valence-corrected chi connectivity index (χ2v) is 7.39. The third-order valence-corrected chi connectivity index (χ3v) is 5.04. The molecule has 8 heteroatoms. The van der Waals surface area contributed by atoms with E-state index in [4.69, 9.17) is 0 Å². The van der Waals surface area contributed by atoms with E-state index in [1.165, 1.54) is 6.07 Å². The van der Waals surface area contributed by atoms with Crippen LogP contribution < -0.4 is 10.0 Å². The molecule has 2 amide bonds. The summed E-state index contributed by atoms with van der Waals surface area (Å²) < 4.78 is 25.6. The van der Waals surface area contributed by atoms with Crippen LogP contribution in [0.1, 0.15) is 33.1 Å². The van der Waals surface area contributed by atoms with Crippen LogP contribution in [-0.2, 0) is 19.6 Å². The molecule has 0 atom stereocenters. The van der Waals surface area contributed by atoms with Gasteiger partial charge in [0.1, 0.15) is 4.21 Å². The highest BCUT2D eigenvalue weighted by molar-refractivity contribution is 7.92. The standard InChI is InChI=1S/C12H18N2O4S2/c1-9(2)13-10(15)5-3-6-11(16)14-20(17,18)12-7-4-8-19-12/h4,7-9H,3,5-6H2,1-2H3,(H,13,15)(H,14,16). The van der Waals surface area contributed by atoms with E-state index in [2.05, 4.69) is 5.32 Å². The molecule has 0 aliphatic carbocycles. The monoisotopic (exact) mass is 318 g/mol. The zero-order chi connectivity index (χ0) is 15.2. The molecule has 0 aliphatic rings. The Morgan fingerprint density at radius 3 is 2.45 bits per heavy atom. The Balaban J connectivity index is 2.36. The van der Waals surface area contributed by atoms with Crippen molar-refractivity contribution in [1.29, 1.82) is 0 Å². The van der Waals surface area contributed by atoms with E-state index in [0.29, 0.717) is 6.42 Å². The first-order chi connectivity index (χ1) is 9.31. The molecule has 2 N–H and O–H groups in total. The molecule has 0 radical (unpaired) electrons. The summed E-state index contributed by atoms with van der Waals surface area (Å²) in [5, 5.41) is 4.32. The Hall–Kier alpha value is -1.41. The first kappa shape index (κ1) is 16.6. The highest BCUT2D eigenvalue weighted by atomic mass is 32.2. The van der Waals surface area contributed by atoms with Gasteiger partial charge in [-0.25, -0.2) is 13.1 Å². The molecule has 0 saturated carbocycles. The molecule has 1 rings (SSSR count). The number of nitrogens with one attached hydrogen (secondary N) is 2. The lowest BCUT2D eigenvalue weighted by atomic mass is 10.2. The van der Waals surface area contributed by atoms with Crippen LogP contribution in [0.2, 0.25) is 0 Å². The fourth-order valence-corrected chi connectivity index (χ4v) is 3.48. The van der Waals surface area contributed by atoms with E-state index in [9.17, 15) is 18.0 Å². The Morgan fingerprint density at radius 2 is 1.90 bits per heavy atom. The number of sulfonamides is 1. The second kappa shape index (κ2) is 7.39. The first-order valence-electron chi connectivity index (χ1n) is 6.20. The van der Waals surface area contributed by atoms with E-state index in [-0.39, 0.29) is 29.0 Å². The van der Waals surface area contributed by atoms with Crippen molar-refractivity contribution in [3.05, 3.63) is 17.5 Å². The number of hydrogen-bond donors (Lipinski definition) is 2. The molecule has 0 unspecified atom stereocenters. The lowest BCUT2D eigenvalue weighted by molar-refractivity contribution is -0.122. The zero-order valence-corrected chi connectivity index (χ0v) is 13.0. The maximum atomic E-state index is 11.7. The summed E-state index contributed by atoms with van der Waals surface area (Å²) in [5.74, 6) is -0.746. The normalized spacial score (nSPS) is 11.3. The lowest BCUT2D eigenvalue weighted by Crippen LogP contribution is -2.31. The molecule has 6 nitrogen and oxygen atoms in total. The van der Waals surface area contributed by atoms with Gasteiger partial charge in [-0.3, -0.25) is 9.59 Å². The molecule has 0 aliphatic heterocycles. The molecule has 0 bridgehead atoms. The Labute approximate surface area is 122 Å². The van der Waals surface area contributed by atoms with Gasteiger partial charge in [-0.15, -0.1) is 11.3 Å². The molecule has 1 heterocycles. The highest BCUT2D eigenvalue weighted by Crippen LogP contribution is 2.15. The van der Waals surface area contributed by atoms with Crippen molar-refractivity contribution in [2.45, 2.75) is 43.4 Å². The van der Waals surface area contributed by atoms with Gasteiger partial charge in [0.15, 0.2) is 0 Å². The summed E-state index contributed by atoms with van der Waals surface area (Å²) in [7, 11) is -3.77. The van der Waals surface area contributed by atoms with Crippen LogP contribution in [0.15, 0.2) is 21.7 Å². The Kier molecular flexibility index (Phi) is 6.15. The van der Waals surface area contributed by atoms with Crippen molar-refractivity contribution >= 4 is 33.2 Å². The fraction of sp³-hybridized carbons (Fsp3) is 0.500. The maximum absolute atomic E-state index is 11.7. The fourth-order valence-electron chi connectivity index (χ4n) is 1.47. The predicted octanol–water partition coefficient (Wildman–Crippen LogP) is 1.25. The van der Waals surface area contributed by atoms with E-state index in [1.54, 1.807) is 11.4 Å². The molecule has 20 heavy (non-hydrogen) atoms. The van der Waals surface area contributed by atoms with Gasteiger partial charge in [-0.05, 0) is 31.7 Å². The highest BCUT2D eigenvalue weighted by Gasteiger charge is 2.18. The van der Waals surface area contributed by atoms with Crippen molar-refractivity contribution < 1.29 is 18.0 Å². The van der Waals surface area contributed by atoms with E-state index >= 15 is 0 Å². The van der Waals surface area contributed by atoms with Gasteiger partial charge < -0.3 is 5.32 Å². The zero-order valence-electron chi connectivity index (χ0n) is 11.4. The molecule has 112 valence electrons. The number of amides is 2. The molecule has 0 fully saturated rings. The van der Waals surface area contributed by atoms with Gasteiger partial charge in [0.2, 0.25) is 11.8 Å². The van der Waals surface area contributed by atoms with Crippen LogP contribution in [0, 0.1) is 0 Å². The van der Waals surface area contributed by atoms with Crippen molar-refractivity contribution in [2.24, 2.45) is 0 Å². The maximum Gasteiger partial charge on any atom is 0.273 e. The third kappa shape index (κ3) is 5.70. The van der Waals surface area contributed by atoms with E-state index < -0.39 is 15.9 Å². The van der Waals surface area contributed by atoms with E-state index in [1.807, 2.05) is 18.6 Å². The van der Waals surface area contributed by atoms with Crippen LogP contribution in [0.4, 0.5) is 0 Å². The van der Waals surface area contributed by atoms with Crippen molar-refractivity contribution in [3.63, 3.8) is 0 Å². The molecule has 0 saturated heterocycles. The number of carbonyl (C=O) groups is 2. The van der Waals surface area contributed by atoms with Gasteiger partial charge in [0, 0.05) is 18.9 Å². The molecular weight excluding hydrogens is 300 g/mol. The first-order valence-corrected chi connectivity index (χ1v) is 8.56. The molecular formula is C12H18N2O4S2. The average molecular weight is 318 g/mol. The van der Waals surface area contributed by atoms with Crippen molar-refractivity contribution in [2.75, 3.05) is 0 Å². The van der Waals surface area contributed by atoms with Crippen LogP contribution >= 0.6 is 11.3 Å². The molecule has 1 aromatic rings. The van der Waals surface area contributed by atoms with Gasteiger partial charge in [0.25, 0.3) is 10.0 Å². The van der Waals surface area contributed by atoms with Gasteiger partial charge >= 0.3 is 0 Å². The number of carbonyl (C=O) groups excluding carboxylic acids is 2. The predicted molar refractivity (Wildman–Crippen MR) is 76.8 cm³/mol. The van der Waals surface area contributed by atoms with Gasteiger partial charge in [-0.1, -0.05) is 6.07 Å². The second-order valence-electron chi connectivity index (χ2n) is 4.54. The Morgan fingerprint density at radius 1 is 1.25 bits per heavy atom. The SMILES string of the molecule is CC(C)NC(=O)CCCC(=O)NS(=O)(=O)c1cccs1. The van der Waals surface area contributed by atoms with Crippen LogP contribution in [0.25, 0.3) is 0 Å². The minimum Gasteiger partial charge on any atom is -0.354 e. The topological polar surface area (TPSA) is 92.3 Å². The number of thiophene rings is 1. The molecule has 1 aromatic heterocycles. The summed E-state index contributed by atoms with van der Waals surface area (Å²) in [4.78, 5) is 22.9. The number of rotatable bonds is 7. The van der Waals surface area contributed by atoms with Gasteiger partial charge in [-0.2, -0.15) is 0 Å². The molecule has 0 aromatic carbocycles. The summed E-state index contributed by atoms with van der Waals surface area (Å²) in [5.41, 5.74) is 0. The quantitative estimate of drug-likeness (QED) is 0.791. The summed E-state index contributed by atoms with van der Waals surface area (Å²) in [6.45, 7) is 3.69. The molecule has 0 spiro atoms. The minimum atomic E-state index is -3.77. The van der Waals surface area contributed by atoms with Crippen LogP contribution in [0.5, 0.6) is 0 Å². The smallest absolute Gasteiger partial charge is 0.273 e. The lowest BCUT2D eigenvalue weighted by Gasteiger charge is -2.08.